The second-order valence-electron chi connectivity index (χ2n) is 3.93. The number of hydrogen-bond donors (Lipinski definition) is 0. The minimum Gasteiger partial charge on any atom is -0.375 e. The van der Waals surface area contributed by atoms with Gasteiger partial charge in [0.2, 0.25) is 0 Å². The van der Waals surface area contributed by atoms with Crippen LogP contribution in [0.1, 0.15) is 17.3 Å². The van der Waals surface area contributed by atoms with E-state index in [1.807, 2.05) is 6.92 Å². The van der Waals surface area contributed by atoms with Crippen molar-refractivity contribution in [2.24, 2.45) is 0 Å². The lowest BCUT2D eigenvalue weighted by Gasteiger charge is -2.31. The Kier molecular flexibility index (Phi) is 3.59. The molecule has 1 fully saturated rings. The largest absolute Gasteiger partial charge is 0.375 e. The molecule has 0 spiro atoms. The summed E-state index contributed by atoms with van der Waals surface area (Å²) in [6, 6.07) is 1.11. The van der Waals surface area contributed by atoms with Gasteiger partial charge in [-0.15, -0.1) is 0 Å². The molecule has 0 N–H and O–H groups in total. The minimum absolute atomic E-state index is 0.00203. The Morgan fingerprint density at radius 3 is 3.12 bits per heavy atom. The van der Waals surface area contributed by atoms with Crippen LogP contribution >= 0.6 is 11.6 Å². The van der Waals surface area contributed by atoms with Crippen LogP contribution in [-0.4, -0.2) is 41.6 Å². The molecule has 6 heteroatoms. The zero-order valence-electron chi connectivity index (χ0n) is 9.32. The summed E-state index contributed by atoms with van der Waals surface area (Å²) in [4.78, 5) is 17.3. The summed E-state index contributed by atoms with van der Waals surface area (Å²) in [6.07, 6.45) is 1.28. The fraction of sp³-hybridized carbons (Fsp3) is 0.455. The van der Waals surface area contributed by atoms with Crippen LogP contribution in [0.3, 0.4) is 0 Å². The Hall–Kier alpha value is -1.20. The lowest BCUT2D eigenvalue weighted by atomic mass is 10.2. The van der Waals surface area contributed by atoms with Gasteiger partial charge >= 0.3 is 0 Å². The predicted molar refractivity (Wildman–Crippen MR) is 60.5 cm³/mol. The molecule has 1 aromatic heterocycles. The van der Waals surface area contributed by atoms with Crippen LogP contribution in [0.25, 0.3) is 0 Å². The summed E-state index contributed by atoms with van der Waals surface area (Å²) in [5.41, 5.74) is 0.209. The normalized spacial score (nSPS) is 20.4. The smallest absolute Gasteiger partial charge is 0.255 e. The molecule has 0 saturated carbocycles. The maximum absolute atomic E-state index is 13.2. The van der Waals surface area contributed by atoms with E-state index in [0.29, 0.717) is 19.7 Å². The summed E-state index contributed by atoms with van der Waals surface area (Å²) >= 11 is 5.46. The monoisotopic (exact) mass is 258 g/mol. The lowest BCUT2D eigenvalue weighted by Crippen LogP contribution is -2.44. The van der Waals surface area contributed by atoms with E-state index in [2.05, 4.69) is 4.98 Å². The summed E-state index contributed by atoms with van der Waals surface area (Å²) in [5.74, 6) is -0.929. The van der Waals surface area contributed by atoms with Crippen molar-refractivity contribution < 1.29 is 13.9 Å². The number of carbonyl (C=O) groups is 1. The Morgan fingerprint density at radius 2 is 2.47 bits per heavy atom. The standard InChI is InChI=1S/C11H12ClFN2O2/c1-7-6-15(2-3-17-7)11(16)8-4-9(13)10(12)14-5-8/h4-5,7H,2-3,6H2,1H3. The summed E-state index contributed by atoms with van der Waals surface area (Å²) in [7, 11) is 0. The van der Waals surface area contributed by atoms with Gasteiger partial charge in [-0.1, -0.05) is 11.6 Å². The number of pyridine rings is 1. The zero-order valence-corrected chi connectivity index (χ0v) is 10.1. The average molecular weight is 259 g/mol. The number of aromatic nitrogens is 1. The number of rotatable bonds is 1. The molecule has 1 aliphatic heterocycles. The molecule has 1 unspecified atom stereocenters. The van der Waals surface area contributed by atoms with E-state index in [4.69, 9.17) is 16.3 Å². The molecular formula is C11H12ClFN2O2. The van der Waals surface area contributed by atoms with Gasteiger partial charge in [-0.2, -0.15) is 0 Å². The van der Waals surface area contributed by atoms with Crippen LogP contribution in [0.2, 0.25) is 5.15 Å². The molecule has 17 heavy (non-hydrogen) atoms. The second kappa shape index (κ2) is 4.98. The van der Waals surface area contributed by atoms with Crippen LogP contribution in [0.15, 0.2) is 12.3 Å². The maximum atomic E-state index is 13.2. The third kappa shape index (κ3) is 2.73. The molecule has 4 nitrogen and oxygen atoms in total. The highest BCUT2D eigenvalue weighted by Crippen LogP contribution is 2.15. The zero-order chi connectivity index (χ0) is 12.4. The molecule has 1 saturated heterocycles. The van der Waals surface area contributed by atoms with E-state index in [1.54, 1.807) is 4.90 Å². The van der Waals surface area contributed by atoms with Crippen LogP contribution in [-0.2, 0) is 4.74 Å². The minimum atomic E-state index is -0.682. The topological polar surface area (TPSA) is 42.4 Å². The molecule has 2 heterocycles. The van der Waals surface area contributed by atoms with Gasteiger partial charge in [-0.05, 0) is 13.0 Å². The van der Waals surface area contributed by atoms with Crippen LogP contribution in [0.4, 0.5) is 4.39 Å². The van der Waals surface area contributed by atoms with E-state index < -0.39 is 5.82 Å². The first-order chi connectivity index (χ1) is 8.08. The summed E-state index contributed by atoms with van der Waals surface area (Å²) < 4.78 is 18.5. The Bertz CT molecular complexity index is 441. The highest BCUT2D eigenvalue weighted by molar-refractivity contribution is 6.29. The third-order valence-electron chi connectivity index (χ3n) is 2.57. The highest BCUT2D eigenvalue weighted by Gasteiger charge is 2.23. The number of halogens is 2. The van der Waals surface area contributed by atoms with Crippen molar-refractivity contribution in [2.75, 3.05) is 19.7 Å². The van der Waals surface area contributed by atoms with Crippen molar-refractivity contribution in [3.05, 3.63) is 28.8 Å². The summed E-state index contributed by atoms with van der Waals surface area (Å²) in [6.45, 7) is 3.40. The average Bonchev–Trinajstić information content (AvgIpc) is 2.32. The van der Waals surface area contributed by atoms with E-state index in [0.717, 1.165) is 6.07 Å². The van der Waals surface area contributed by atoms with E-state index in [1.165, 1.54) is 6.20 Å². The molecule has 2 rings (SSSR count). The Morgan fingerprint density at radius 1 is 1.71 bits per heavy atom. The number of morpholine rings is 1. The molecule has 0 aromatic carbocycles. The van der Waals surface area contributed by atoms with Crippen molar-refractivity contribution in [1.82, 2.24) is 9.88 Å². The fourth-order valence-electron chi connectivity index (χ4n) is 1.72. The SMILES string of the molecule is CC1CN(C(=O)c2cnc(Cl)c(F)c2)CCO1. The van der Waals surface area contributed by atoms with Gasteiger partial charge in [0.15, 0.2) is 11.0 Å². The van der Waals surface area contributed by atoms with Crippen molar-refractivity contribution >= 4 is 17.5 Å². The Balaban J connectivity index is 2.15. The van der Waals surface area contributed by atoms with Gasteiger partial charge in [0, 0.05) is 19.3 Å². The molecule has 0 bridgehead atoms. The van der Waals surface area contributed by atoms with Crippen molar-refractivity contribution in [2.45, 2.75) is 13.0 Å². The number of hydrogen-bond acceptors (Lipinski definition) is 3. The lowest BCUT2D eigenvalue weighted by molar-refractivity contribution is -0.0124. The van der Waals surface area contributed by atoms with Gasteiger partial charge < -0.3 is 9.64 Å². The van der Waals surface area contributed by atoms with Gasteiger partial charge in [0.25, 0.3) is 5.91 Å². The molecule has 1 atom stereocenters. The number of nitrogens with zero attached hydrogens (tertiary/aromatic N) is 2. The van der Waals surface area contributed by atoms with Gasteiger partial charge in [0.05, 0.1) is 18.3 Å². The molecule has 0 radical (unpaired) electrons. The first-order valence-corrected chi connectivity index (χ1v) is 5.67. The number of carbonyl (C=O) groups excluding carboxylic acids is 1. The predicted octanol–water partition coefficient (Wildman–Crippen LogP) is 1.74. The van der Waals surface area contributed by atoms with Gasteiger partial charge in [0.1, 0.15) is 0 Å². The first kappa shape index (κ1) is 12.3. The molecule has 1 aromatic rings. The highest BCUT2D eigenvalue weighted by atomic mass is 35.5. The molecular weight excluding hydrogens is 247 g/mol. The third-order valence-corrected chi connectivity index (χ3v) is 2.85. The second-order valence-corrected chi connectivity index (χ2v) is 4.29. The van der Waals surface area contributed by atoms with E-state index >= 15 is 0 Å². The van der Waals surface area contributed by atoms with E-state index in [9.17, 15) is 9.18 Å². The van der Waals surface area contributed by atoms with Crippen LogP contribution < -0.4 is 0 Å². The van der Waals surface area contributed by atoms with Gasteiger partial charge in [-0.3, -0.25) is 4.79 Å². The Labute approximate surface area is 103 Å². The molecule has 0 aliphatic carbocycles. The van der Waals surface area contributed by atoms with Crippen LogP contribution in [0.5, 0.6) is 0 Å². The molecule has 1 amide bonds. The number of ether oxygens (including phenoxy) is 1. The maximum Gasteiger partial charge on any atom is 0.255 e. The summed E-state index contributed by atoms with van der Waals surface area (Å²) in [5, 5.41) is -0.225. The van der Waals surface area contributed by atoms with Crippen LogP contribution in [0, 0.1) is 5.82 Å². The van der Waals surface area contributed by atoms with E-state index in [-0.39, 0.29) is 22.7 Å². The first-order valence-electron chi connectivity index (χ1n) is 5.30. The quantitative estimate of drug-likeness (QED) is 0.721. The van der Waals surface area contributed by atoms with Crippen molar-refractivity contribution in [3.8, 4) is 0 Å². The van der Waals surface area contributed by atoms with Gasteiger partial charge in [-0.25, -0.2) is 9.37 Å². The van der Waals surface area contributed by atoms with Crippen molar-refractivity contribution in [1.29, 1.82) is 0 Å². The van der Waals surface area contributed by atoms with Crippen molar-refractivity contribution in [3.63, 3.8) is 0 Å². The fourth-order valence-corrected chi connectivity index (χ4v) is 1.83. The number of amides is 1. The molecule has 1 aliphatic rings. The molecule has 92 valence electrons.